The first-order chi connectivity index (χ1) is 13.1. The van der Waals surface area contributed by atoms with Crippen LogP contribution in [-0.2, 0) is 11.3 Å². The highest BCUT2D eigenvalue weighted by Crippen LogP contribution is 2.18. The number of Topliss-reactive ketones (excluding diaryl/α,β-unsaturated/α-hetero) is 1. The lowest BCUT2D eigenvalue weighted by Crippen LogP contribution is -2.27. The van der Waals surface area contributed by atoms with E-state index in [0.29, 0.717) is 27.2 Å². The van der Waals surface area contributed by atoms with Gasteiger partial charge >= 0.3 is 0 Å². The fourth-order valence-corrected chi connectivity index (χ4v) is 2.71. The van der Waals surface area contributed by atoms with E-state index in [2.05, 4.69) is 10.3 Å². The topological polar surface area (TPSA) is 81.1 Å². The Balaban J connectivity index is 1.77. The zero-order valence-corrected chi connectivity index (χ0v) is 16.6. The average molecular weight is 398 g/mol. The number of rotatable bonds is 4. The second kappa shape index (κ2) is 7.56. The summed E-state index contributed by atoms with van der Waals surface area (Å²) >= 11 is 5.92. The van der Waals surface area contributed by atoms with Gasteiger partial charge in [0.15, 0.2) is 5.78 Å². The van der Waals surface area contributed by atoms with Crippen molar-refractivity contribution in [2.75, 3.05) is 5.32 Å². The molecule has 0 saturated heterocycles. The highest BCUT2D eigenvalue weighted by molar-refractivity contribution is 6.31. The molecule has 0 aliphatic heterocycles. The predicted molar refractivity (Wildman–Crippen MR) is 110 cm³/mol. The van der Waals surface area contributed by atoms with E-state index < -0.39 is 5.41 Å². The molecule has 7 heteroatoms. The summed E-state index contributed by atoms with van der Waals surface area (Å²) in [6.07, 6.45) is 1.34. The van der Waals surface area contributed by atoms with E-state index in [9.17, 15) is 14.4 Å². The van der Waals surface area contributed by atoms with Gasteiger partial charge in [0, 0.05) is 21.7 Å². The minimum atomic E-state index is -0.511. The largest absolute Gasteiger partial charge is 0.326 e. The van der Waals surface area contributed by atoms with Crippen molar-refractivity contribution in [3.63, 3.8) is 0 Å². The van der Waals surface area contributed by atoms with Gasteiger partial charge in [-0.1, -0.05) is 32.4 Å². The molecular formula is C21H20ClN3O3. The molecule has 28 heavy (non-hydrogen) atoms. The molecule has 0 fully saturated rings. The summed E-state index contributed by atoms with van der Waals surface area (Å²) in [5, 5.41) is 3.70. The molecule has 0 bridgehead atoms. The molecule has 0 unspecified atom stereocenters. The number of aromatic nitrogens is 2. The van der Waals surface area contributed by atoms with E-state index >= 15 is 0 Å². The highest BCUT2D eigenvalue weighted by Gasteiger charge is 2.21. The number of carbonyl (C=O) groups is 2. The first-order valence-corrected chi connectivity index (χ1v) is 9.12. The number of fused-ring (bicyclic) bond motifs is 1. The van der Waals surface area contributed by atoms with Gasteiger partial charge in [-0.2, -0.15) is 0 Å². The first kappa shape index (κ1) is 19.8. The summed E-state index contributed by atoms with van der Waals surface area (Å²) < 4.78 is 1.27. The zero-order valence-electron chi connectivity index (χ0n) is 15.8. The number of hydrogen-bond donors (Lipinski definition) is 1. The number of ketones is 1. The van der Waals surface area contributed by atoms with E-state index in [1.165, 1.54) is 10.9 Å². The Morgan fingerprint density at radius 2 is 1.79 bits per heavy atom. The van der Waals surface area contributed by atoms with E-state index in [1.807, 2.05) is 20.8 Å². The molecule has 6 nitrogen and oxygen atoms in total. The molecule has 0 aliphatic carbocycles. The van der Waals surface area contributed by atoms with Crippen LogP contribution in [0.2, 0.25) is 5.02 Å². The van der Waals surface area contributed by atoms with Gasteiger partial charge in [-0.25, -0.2) is 4.98 Å². The minimum absolute atomic E-state index is 0.111. The van der Waals surface area contributed by atoms with Crippen LogP contribution in [0, 0.1) is 5.41 Å². The third-order valence-corrected chi connectivity index (χ3v) is 4.48. The Morgan fingerprint density at radius 3 is 2.43 bits per heavy atom. The Labute approximate surface area is 167 Å². The quantitative estimate of drug-likeness (QED) is 0.676. The molecule has 3 rings (SSSR count). The van der Waals surface area contributed by atoms with Crippen molar-refractivity contribution in [3.05, 3.63) is 69.7 Å². The lowest BCUT2D eigenvalue weighted by Gasteiger charge is -2.17. The molecule has 1 N–H and O–H groups in total. The van der Waals surface area contributed by atoms with Crippen LogP contribution in [0.15, 0.2) is 53.6 Å². The van der Waals surface area contributed by atoms with Crippen LogP contribution < -0.4 is 10.9 Å². The predicted octanol–water partition coefficient (Wildman–Crippen LogP) is 3.92. The van der Waals surface area contributed by atoms with Gasteiger partial charge in [0.25, 0.3) is 5.56 Å². The molecule has 2 aromatic carbocycles. The van der Waals surface area contributed by atoms with Crippen molar-refractivity contribution >= 4 is 39.9 Å². The maximum atomic E-state index is 12.6. The normalized spacial score (nSPS) is 11.4. The number of halogens is 1. The number of carbonyl (C=O) groups excluding carboxylic acids is 2. The Hall–Kier alpha value is -2.99. The number of nitrogens with zero attached hydrogens (tertiary/aromatic N) is 2. The molecule has 0 saturated carbocycles. The summed E-state index contributed by atoms with van der Waals surface area (Å²) in [5.74, 6) is -0.341. The fraction of sp³-hybridized carbons (Fsp3) is 0.238. The van der Waals surface area contributed by atoms with E-state index in [0.717, 1.165) is 0 Å². The maximum Gasteiger partial charge on any atom is 0.261 e. The Kier molecular flexibility index (Phi) is 5.34. The minimum Gasteiger partial charge on any atom is -0.326 e. The maximum absolute atomic E-state index is 12.6. The van der Waals surface area contributed by atoms with Crippen molar-refractivity contribution in [1.82, 2.24) is 9.55 Å². The summed E-state index contributed by atoms with van der Waals surface area (Å²) in [6, 6.07) is 11.4. The lowest BCUT2D eigenvalue weighted by atomic mass is 9.95. The molecule has 1 heterocycles. The number of amides is 1. The van der Waals surface area contributed by atoms with Crippen LogP contribution in [0.3, 0.4) is 0 Å². The summed E-state index contributed by atoms with van der Waals surface area (Å²) in [6.45, 7) is 5.34. The number of benzene rings is 2. The van der Waals surface area contributed by atoms with Crippen LogP contribution in [0.1, 0.15) is 31.1 Å². The molecule has 0 radical (unpaired) electrons. The van der Waals surface area contributed by atoms with Crippen LogP contribution in [0.5, 0.6) is 0 Å². The monoisotopic (exact) mass is 397 g/mol. The van der Waals surface area contributed by atoms with Crippen LogP contribution in [0.25, 0.3) is 10.9 Å². The summed E-state index contributed by atoms with van der Waals surface area (Å²) in [4.78, 5) is 41.3. The SMILES string of the molecule is CC(C)(C)C(=O)Nc1ccc(C(=O)Cn2cnc3cc(Cl)ccc3c2=O)cc1. The van der Waals surface area contributed by atoms with E-state index in [4.69, 9.17) is 11.6 Å². The van der Waals surface area contributed by atoms with Crippen molar-refractivity contribution in [2.45, 2.75) is 27.3 Å². The number of hydrogen-bond acceptors (Lipinski definition) is 4. The summed E-state index contributed by atoms with van der Waals surface area (Å²) in [5.41, 5.74) is 0.724. The van der Waals surface area contributed by atoms with Gasteiger partial charge in [-0.3, -0.25) is 19.0 Å². The summed E-state index contributed by atoms with van der Waals surface area (Å²) in [7, 11) is 0. The molecule has 144 valence electrons. The molecule has 1 amide bonds. The van der Waals surface area contributed by atoms with Crippen molar-refractivity contribution in [1.29, 1.82) is 0 Å². The number of anilines is 1. The molecule has 1 aromatic heterocycles. The van der Waals surface area contributed by atoms with E-state index in [1.54, 1.807) is 42.5 Å². The van der Waals surface area contributed by atoms with Gasteiger partial charge in [-0.15, -0.1) is 0 Å². The average Bonchev–Trinajstić information content (AvgIpc) is 2.63. The molecule has 0 spiro atoms. The Bertz CT molecular complexity index is 1110. The smallest absolute Gasteiger partial charge is 0.261 e. The van der Waals surface area contributed by atoms with Gasteiger partial charge in [0.1, 0.15) is 0 Å². The van der Waals surface area contributed by atoms with Gasteiger partial charge < -0.3 is 5.32 Å². The molecule has 0 atom stereocenters. The van der Waals surface area contributed by atoms with Crippen LogP contribution >= 0.6 is 11.6 Å². The second-order valence-electron chi connectivity index (χ2n) is 7.54. The number of nitrogens with one attached hydrogen (secondary N) is 1. The van der Waals surface area contributed by atoms with Crippen molar-refractivity contribution in [2.24, 2.45) is 5.41 Å². The zero-order chi connectivity index (χ0) is 20.5. The first-order valence-electron chi connectivity index (χ1n) is 8.74. The highest BCUT2D eigenvalue weighted by atomic mass is 35.5. The van der Waals surface area contributed by atoms with E-state index in [-0.39, 0.29) is 23.8 Å². The van der Waals surface area contributed by atoms with Crippen molar-refractivity contribution in [3.8, 4) is 0 Å². The van der Waals surface area contributed by atoms with Gasteiger partial charge in [0.05, 0.1) is 23.8 Å². The second-order valence-corrected chi connectivity index (χ2v) is 7.98. The Morgan fingerprint density at radius 1 is 1.11 bits per heavy atom. The van der Waals surface area contributed by atoms with Crippen LogP contribution in [-0.4, -0.2) is 21.2 Å². The lowest BCUT2D eigenvalue weighted by molar-refractivity contribution is -0.123. The third kappa shape index (κ3) is 4.28. The fourth-order valence-electron chi connectivity index (χ4n) is 2.55. The molecular weight excluding hydrogens is 378 g/mol. The third-order valence-electron chi connectivity index (χ3n) is 4.25. The van der Waals surface area contributed by atoms with Gasteiger partial charge in [-0.05, 0) is 42.5 Å². The van der Waals surface area contributed by atoms with Crippen LogP contribution in [0.4, 0.5) is 5.69 Å². The van der Waals surface area contributed by atoms with Crippen molar-refractivity contribution < 1.29 is 9.59 Å². The molecule has 0 aliphatic rings. The molecule has 3 aromatic rings. The standard InChI is InChI=1S/C21H20ClN3O3/c1-21(2,3)20(28)24-15-7-4-13(5-8-15)18(26)11-25-12-23-17-10-14(22)6-9-16(17)19(25)27/h4-10,12H,11H2,1-3H3,(H,24,28). The van der Waals surface area contributed by atoms with Gasteiger partial charge in [0.2, 0.25) is 5.91 Å².